The highest BCUT2D eigenvalue weighted by Crippen LogP contribution is 2.36. The van der Waals surface area contributed by atoms with Gasteiger partial charge in [0.1, 0.15) is 5.69 Å². The van der Waals surface area contributed by atoms with E-state index in [0.717, 1.165) is 17.7 Å². The number of hydrogen-bond acceptors (Lipinski definition) is 5. The highest BCUT2D eigenvalue weighted by molar-refractivity contribution is 5.93. The Labute approximate surface area is 140 Å². The van der Waals surface area contributed by atoms with Crippen LogP contribution in [-0.4, -0.2) is 32.9 Å². The molecule has 1 aliphatic rings. The van der Waals surface area contributed by atoms with E-state index in [9.17, 15) is 4.79 Å². The van der Waals surface area contributed by atoms with Crippen LogP contribution in [0.3, 0.4) is 0 Å². The summed E-state index contributed by atoms with van der Waals surface area (Å²) in [4.78, 5) is 16.3. The van der Waals surface area contributed by atoms with Gasteiger partial charge >= 0.3 is 0 Å². The van der Waals surface area contributed by atoms with E-state index in [1.807, 2.05) is 12.1 Å². The molecule has 3 heterocycles. The van der Waals surface area contributed by atoms with Crippen molar-refractivity contribution in [1.82, 2.24) is 20.1 Å². The lowest BCUT2D eigenvalue weighted by molar-refractivity contribution is 0.0942. The summed E-state index contributed by atoms with van der Waals surface area (Å²) in [6.07, 6.45) is 10.7. The van der Waals surface area contributed by atoms with E-state index in [1.54, 1.807) is 30.2 Å². The van der Waals surface area contributed by atoms with E-state index in [0.29, 0.717) is 25.1 Å². The van der Waals surface area contributed by atoms with E-state index in [1.165, 1.54) is 0 Å². The zero-order valence-electron chi connectivity index (χ0n) is 13.4. The van der Waals surface area contributed by atoms with Crippen molar-refractivity contribution in [3.63, 3.8) is 0 Å². The molecule has 0 bridgehead atoms. The molecule has 2 aromatic rings. The molecule has 122 valence electrons. The Kier molecular flexibility index (Phi) is 4.38. The largest absolute Gasteiger partial charge is 0.351 e. The first kappa shape index (κ1) is 15.9. The molecule has 2 aromatic heterocycles. The second kappa shape index (κ2) is 6.62. The van der Waals surface area contributed by atoms with Crippen molar-refractivity contribution in [1.29, 1.82) is 0 Å². The van der Waals surface area contributed by atoms with Gasteiger partial charge in [0.25, 0.3) is 5.91 Å². The molecule has 0 saturated heterocycles. The topological polar surface area (TPSA) is 84.5 Å². The SMILES string of the molecule is C#CCCC1(CCNC(=O)c2cc(-c3ccncc3)nn2C)N=N1. The zero-order valence-corrected chi connectivity index (χ0v) is 13.4. The Balaban J connectivity index is 1.58. The summed E-state index contributed by atoms with van der Waals surface area (Å²) >= 11 is 0. The number of amides is 1. The number of aryl methyl sites for hydroxylation is 1. The fourth-order valence-electron chi connectivity index (χ4n) is 2.48. The fourth-order valence-corrected chi connectivity index (χ4v) is 2.48. The third-order valence-corrected chi connectivity index (χ3v) is 3.95. The summed E-state index contributed by atoms with van der Waals surface area (Å²) in [6.45, 7) is 0.492. The molecule has 0 atom stereocenters. The molecular formula is C17H18N6O. The molecule has 0 spiro atoms. The van der Waals surface area contributed by atoms with Gasteiger partial charge in [-0.1, -0.05) is 0 Å². The van der Waals surface area contributed by atoms with Crippen LogP contribution >= 0.6 is 0 Å². The first-order chi connectivity index (χ1) is 11.6. The van der Waals surface area contributed by atoms with Crippen LogP contribution in [0, 0.1) is 12.3 Å². The lowest BCUT2D eigenvalue weighted by Gasteiger charge is -2.09. The molecule has 24 heavy (non-hydrogen) atoms. The number of rotatable bonds is 7. The summed E-state index contributed by atoms with van der Waals surface area (Å²) < 4.78 is 1.57. The van der Waals surface area contributed by atoms with Crippen LogP contribution in [0.5, 0.6) is 0 Å². The van der Waals surface area contributed by atoms with E-state index in [-0.39, 0.29) is 11.6 Å². The highest BCUT2D eigenvalue weighted by Gasteiger charge is 2.38. The predicted octanol–water partition coefficient (Wildman–Crippen LogP) is 2.18. The summed E-state index contributed by atoms with van der Waals surface area (Å²) in [6, 6.07) is 5.48. The Morgan fingerprint density at radius 2 is 2.08 bits per heavy atom. The first-order valence-corrected chi connectivity index (χ1v) is 7.74. The van der Waals surface area contributed by atoms with Crippen LogP contribution in [0.25, 0.3) is 11.3 Å². The lowest BCUT2D eigenvalue weighted by Crippen LogP contribution is -2.29. The van der Waals surface area contributed by atoms with Crippen molar-refractivity contribution in [3.05, 3.63) is 36.3 Å². The molecule has 0 aliphatic carbocycles. The molecular weight excluding hydrogens is 304 g/mol. The molecule has 0 fully saturated rings. The van der Waals surface area contributed by atoms with Crippen LogP contribution in [0.1, 0.15) is 29.8 Å². The maximum atomic E-state index is 12.4. The quantitative estimate of drug-likeness (QED) is 0.793. The number of pyridine rings is 1. The molecule has 0 radical (unpaired) electrons. The second-order valence-corrected chi connectivity index (χ2v) is 5.67. The lowest BCUT2D eigenvalue weighted by atomic mass is 10.0. The monoisotopic (exact) mass is 322 g/mol. The van der Waals surface area contributed by atoms with Gasteiger partial charge < -0.3 is 5.32 Å². The maximum absolute atomic E-state index is 12.4. The standard InChI is InChI=1S/C17H18N6O/c1-3-4-7-17(21-22-17)8-11-19-16(24)15-12-14(20-23(15)2)13-5-9-18-10-6-13/h1,5-6,9-10,12H,4,7-8,11H2,2H3,(H,19,24). The van der Waals surface area contributed by atoms with Crippen molar-refractivity contribution >= 4 is 5.91 Å². The number of carbonyl (C=O) groups is 1. The first-order valence-electron chi connectivity index (χ1n) is 7.74. The summed E-state index contributed by atoms with van der Waals surface area (Å²) in [7, 11) is 1.75. The Hall–Kier alpha value is -3.01. The van der Waals surface area contributed by atoms with Gasteiger partial charge in [0.15, 0.2) is 5.66 Å². The van der Waals surface area contributed by atoms with E-state index in [4.69, 9.17) is 6.42 Å². The van der Waals surface area contributed by atoms with Crippen LogP contribution in [-0.2, 0) is 7.05 Å². The molecule has 0 aromatic carbocycles. The number of nitrogens with zero attached hydrogens (tertiary/aromatic N) is 5. The van der Waals surface area contributed by atoms with Crippen LogP contribution < -0.4 is 5.32 Å². The van der Waals surface area contributed by atoms with Crippen molar-refractivity contribution in [2.75, 3.05) is 6.54 Å². The van der Waals surface area contributed by atoms with Crippen LogP contribution in [0.2, 0.25) is 0 Å². The Morgan fingerprint density at radius 3 is 2.75 bits per heavy atom. The van der Waals surface area contributed by atoms with Crippen molar-refractivity contribution in [3.8, 4) is 23.6 Å². The minimum Gasteiger partial charge on any atom is -0.351 e. The number of carbonyl (C=O) groups excluding carboxylic acids is 1. The van der Waals surface area contributed by atoms with Crippen LogP contribution in [0.15, 0.2) is 40.8 Å². The summed E-state index contributed by atoms with van der Waals surface area (Å²) in [5.41, 5.74) is 1.78. The number of hydrogen-bond donors (Lipinski definition) is 1. The third kappa shape index (κ3) is 3.49. The van der Waals surface area contributed by atoms with Gasteiger partial charge in [0.2, 0.25) is 0 Å². The average molecular weight is 322 g/mol. The third-order valence-electron chi connectivity index (χ3n) is 3.95. The normalized spacial score (nSPS) is 14.2. The smallest absolute Gasteiger partial charge is 0.269 e. The van der Waals surface area contributed by atoms with Gasteiger partial charge in [-0.05, 0) is 18.2 Å². The van der Waals surface area contributed by atoms with Gasteiger partial charge in [0.05, 0.1) is 5.69 Å². The van der Waals surface area contributed by atoms with Crippen LogP contribution in [0.4, 0.5) is 0 Å². The molecule has 0 saturated carbocycles. The van der Waals surface area contributed by atoms with E-state index >= 15 is 0 Å². The summed E-state index contributed by atoms with van der Waals surface area (Å²) in [5, 5.41) is 15.4. The van der Waals surface area contributed by atoms with Crippen molar-refractivity contribution in [2.24, 2.45) is 17.3 Å². The molecule has 1 N–H and O–H groups in total. The predicted molar refractivity (Wildman–Crippen MR) is 89.0 cm³/mol. The van der Waals surface area contributed by atoms with Gasteiger partial charge in [-0.25, -0.2) is 0 Å². The molecule has 1 amide bonds. The number of nitrogens with one attached hydrogen (secondary N) is 1. The number of aromatic nitrogens is 3. The van der Waals surface area contributed by atoms with Crippen molar-refractivity contribution < 1.29 is 4.79 Å². The van der Waals surface area contributed by atoms with Gasteiger partial charge in [-0.3, -0.25) is 14.5 Å². The zero-order chi connectivity index (χ0) is 17.0. The summed E-state index contributed by atoms with van der Waals surface area (Å²) in [5.74, 6) is 2.42. The molecule has 7 heteroatoms. The van der Waals surface area contributed by atoms with Gasteiger partial charge in [-0.15, -0.1) is 12.3 Å². The average Bonchev–Trinajstić information content (AvgIpc) is 3.26. The highest BCUT2D eigenvalue weighted by atomic mass is 16.2. The second-order valence-electron chi connectivity index (χ2n) is 5.67. The maximum Gasteiger partial charge on any atom is 0.269 e. The van der Waals surface area contributed by atoms with E-state index in [2.05, 4.69) is 31.5 Å². The molecule has 3 rings (SSSR count). The molecule has 0 unspecified atom stereocenters. The fraction of sp³-hybridized carbons (Fsp3) is 0.353. The Morgan fingerprint density at radius 1 is 1.33 bits per heavy atom. The number of terminal acetylenes is 1. The minimum atomic E-state index is -0.381. The van der Waals surface area contributed by atoms with Gasteiger partial charge in [0, 0.05) is 50.8 Å². The molecule has 7 nitrogen and oxygen atoms in total. The van der Waals surface area contributed by atoms with Crippen molar-refractivity contribution in [2.45, 2.75) is 24.9 Å². The minimum absolute atomic E-state index is 0.168. The Bertz CT molecular complexity index is 796. The molecule has 1 aliphatic heterocycles. The van der Waals surface area contributed by atoms with Gasteiger partial charge in [-0.2, -0.15) is 15.3 Å². The van der Waals surface area contributed by atoms with E-state index < -0.39 is 0 Å².